The Morgan fingerprint density at radius 1 is 0.969 bits per heavy atom. The Hall–Kier alpha value is -3.66. The summed E-state index contributed by atoms with van der Waals surface area (Å²) >= 11 is 1.25. The predicted octanol–water partition coefficient (Wildman–Crippen LogP) is 4.73. The van der Waals surface area contributed by atoms with Crippen molar-refractivity contribution in [3.8, 4) is 0 Å². The first-order valence-electron chi connectivity index (χ1n) is 9.31. The van der Waals surface area contributed by atoms with Gasteiger partial charge in [0.15, 0.2) is 0 Å². The van der Waals surface area contributed by atoms with Gasteiger partial charge >= 0.3 is 6.18 Å². The highest BCUT2D eigenvalue weighted by molar-refractivity contribution is 7.12. The minimum absolute atomic E-state index is 0.0350. The molecule has 1 aromatic heterocycles. The zero-order valence-corrected chi connectivity index (χ0v) is 17.6. The van der Waals surface area contributed by atoms with Gasteiger partial charge in [-0.05, 0) is 41.8 Å². The maximum atomic E-state index is 12.9. The molecule has 1 heterocycles. The summed E-state index contributed by atoms with van der Waals surface area (Å²) in [6.45, 7) is -0.250. The lowest BCUT2D eigenvalue weighted by Crippen LogP contribution is -2.34. The molecule has 2 N–H and O–H groups in total. The Kier molecular flexibility index (Phi) is 6.94. The molecule has 0 saturated carbocycles. The zero-order chi connectivity index (χ0) is 23.3. The quantitative estimate of drug-likeness (QED) is 0.557. The van der Waals surface area contributed by atoms with Gasteiger partial charge in [-0.3, -0.25) is 14.4 Å². The van der Waals surface area contributed by atoms with Gasteiger partial charge in [-0.2, -0.15) is 13.2 Å². The van der Waals surface area contributed by atoms with Crippen LogP contribution in [0, 0.1) is 0 Å². The number of rotatable bonds is 6. The van der Waals surface area contributed by atoms with Gasteiger partial charge in [-0.15, -0.1) is 11.3 Å². The van der Waals surface area contributed by atoms with E-state index in [-0.39, 0.29) is 29.4 Å². The summed E-state index contributed by atoms with van der Waals surface area (Å²) in [5.74, 6) is -1.54. The third-order valence-electron chi connectivity index (χ3n) is 4.35. The fourth-order valence-corrected chi connectivity index (χ4v) is 3.54. The molecule has 10 heteroatoms. The molecule has 0 atom stereocenters. The lowest BCUT2D eigenvalue weighted by molar-refractivity contribution is -0.137. The minimum atomic E-state index is -4.54. The molecule has 3 amide bonds. The van der Waals surface area contributed by atoms with Crippen LogP contribution in [0.5, 0.6) is 0 Å². The highest BCUT2D eigenvalue weighted by atomic mass is 32.1. The van der Waals surface area contributed by atoms with Crippen LogP contribution in [0.15, 0.2) is 66.0 Å². The largest absolute Gasteiger partial charge is 0.416 e. The summed E-state index contributed by atoms with van der Waals surface area (Å²) in [5.41, 5.74) is -0.702. The molecule has 0 aliphatic heterocycles. The van der Waals surface area contributed by atoms with Gasteiger partial charge in [0.2, 0.25) is 5.91 Å². The highest BCUT2D eigenvalue weighted by Gasteiger charge is 2.30. The number of halogens is 3. The SMILES string of the molecule is CN(CC(=O)Nc1ccccc1C(=O)Nc1cccc(C(F)(F)F)c1)C(=O)c1cccs1. The maximum Gasteiger partial charge on any atom is 0.416 e. The zero-order valence-electron chi connectivity index (χ0n) is 16.8. The molecule has 2 aromatic carbocycles. The second-order valence-corrected chi connectivity index (χ2v) is 7.71. The highest BCUT2D eigenvalue weighted by Crippen LogP contribution is 2.31. The van der Waals surface area contributed by atoms with E-state index < -0.39 is 23.6 Å². The number of benzene rings is 2. The molecule has 0 fully saturated rings. The summed E-state index contributed by atoms with van der Waals surface area (Å²) < 4.78 is 38.7. The molecule has 0 bridgehead atoms. The van der Waals surface area contributed by atoms with E-state index in [0.717, 1.165) is 12.1 Å². The van der Waals surface area contributed by atoms with Crippen molar-refractivity contribution in [1.29, 1.82) is 0 Å². The van der Waals surface area contributed by atoms with Crippen LogP contribution in [0.25, 0.3) is 0 Å². The smallest absolute Gasteiger partial charge is 0.332 e. The Morgan fingerprint density at radius 2 is 1.72 bits per heavy atom. The molecule has 3 rings (SSSR count). The third kappa shape index (κ3) is 5.73. The van der Waals surface area contributed by atoms with Crippen LogP contribution in [0.4, 0.5) is 24.5 Å². The number of hydrogen-bond acceptors (Lipinski definition) is 4. The van der Waals surface area contributed by atoms with E-state index >= 15 is 0 Å². The van der Waals surface area contributed by atoms with Gasteiger partial charge in [-0.1, -0.05) is 24.3 Å². The molecule has 3 aromatic rings. The van der Waals surface area contributed by atoms with Crippen molar-refractivity contribution in [2.75, 3.05) is 24.2 Å². The van der Waals surface area contributed by atoms with Crippen LogP contribution < -0.4 is 10.6 Å². The normalized spacial score (nSPS) is 11.0. The van der Waals surface area contributed by atoms with Gasteiger partial charge in [-0.25, -0.2) is 0 Å². The third-order valence-corrected chi connectivity index (χ3v) is 5.21. The van der Waals surface area contributed by atoms with E-state index in [1.807, 2.05) is 0 Å². The van der Waals surface area contributed by atoms with Gasteiger partial charge in [0.05, 0.1) is 28.2 Å². The lowest BCUT2D eigenvalue weighted by atomic mass is 10.1. The Labute approximate surface area is 185 Å². The number of carbonyl (C=O) groups excluding carboxylic acids is 3. The van der Waals surface area contributed by atoms with Crippen LogP contribution in [0.3, 0.4) is 0 Å². The Balaban J connectivity index is 1.69. The summed E-state index contributed by atoms with van der Waals surface area (Å²) in [6, 6.07) is 13.7. The monoisotopic (exact) mass is 461 g/mol. The number of carbonyl (C=O) groups is 3. The minimum Gasteiger partial charge on any atom is -0.332 e. The van der Waals surface area contributed by atoms with E-state index in [4.69, 9.17) is 0 Å². The van der Waals surface area contributed by atoms with Crippen LogP contribution in [0.2, 0.25) is 0 Å². The molecule has 0 aliphatic carbocycles. The van der Waals surface area contributed by atoms with E-state index in [9.17, 15) is 27.6 Å². The molecule has 0 saturated heterocycles. The fraction of sp³-hybridized carbons (Fsp3) is 0.136. The van der Waals surface area contributed by atoms with E-state index in [1.165, 1.54) is 47.5 Å². The average Bonchev–Trinajstić information content (AvgIpc) is 3.28. The van der Waals surface area contributed by atoms with E-state index in [1.54, 1.807) is 29.6 Å². The van der Waals surface area contributed by atoms with Gasteiger partial charge in [0, 0.05) is 12.7 Å². The molecule has 166 valence electrons. The number of likely N-dealkylation sites (N-methyl/N-ethyl adjacent to an activating group) is 1. The number of anilines is 2. The maximum absolute atomic E-state index is 12.9. The number of nitrogens with zero attached hydrogens (tertiary/aromatic N) is 1. The second kappa shape index (κ2) is 9.65. The Bertz CT molecular complexity index is 1130. The van der Waals surface area contributed by atoms with Crippen molar-refractivity contribution in [2.24, 2.45) is 0 Å². The molecular formula is C22H18F3N3O3S. The molecular weight excluding hydrogens is 443 g/mol. The van der Waals surface area contributed by atoms with Gasteiger partial charge < -0.3 is 15.5 Å². The van der Waals surface area contributed by atoms with Crippen molar-refractivity contribution < 1.29 is 27.6 Å². The van der Waals surface area contributed by atoms with Crippen molar-refractivity contribution in [3.05, 3.63) is 82.0 Å². The molecule has 6 nitrogen and oxygen atoms in total. The molecule has 0 unspecified atom stereocenters. The molecule has 32 heavy (non-hydrogen) atoms. The standard InChI is InChI=1S/C22H18F3N3O3S/c1-28(21(31)18-10-5-11-32-18)13-19(29)27-17-9-3-2-8-16(17)20(30)26-15-7-4-6-14(12-15)22(23,24)25/h2-12H,13H2,1H3,(H,26,30)(H,27,29). The van der Waals surface area contributed by atoms with Crippen LogP contribution in [-0.2, 0) is 11.0 Å². The summed E-state index contributed by atoms with van der Waals surface area (Å²) in [4.78, 5) is 39.1. The number of hydrogen-bond donors (Lipinski definition) is 2. The predicted molar refractivity (Wildman–Crippen MR) is 116 cm³/mol. The van der Waals surface area contributed by atoms with Crippen LogP contribution >= 0.6 is 11.3 Å². The molecule has 0 spiro atoms. The molecule has 0 aliphatic rings. The van der Waals surface area contributed by atoms with Gasteiger partial charge in [0.25, 0.3) is 11.8 Å². The van der Waals surface area contributed by atoms with Crippen LogP contribution in [0.1, 0.15) is 25.6 Å². The topological polar surface area (TPSA) is 78.5 Å². The Morgan fingerprint density at radius 3 is 2.41 bits per heavy atom. The van der Waals surface area contributed by atoms with Crippen molar-refractivity contribution in [2.45, 2.75) is 6.18 Å². The summed E-state index contributed by atoms with van der Waals surface area (Å²) in [5, 5.41) is 6.73. The van der Waals surface area contributed by atoms with Crippen LogP contribution in [-0.4, -0.2) is 36.2 Å². The van der Waals surface area contributed by atoms with Crippen molar-refractivity contribution >= 4 is 40.4 Å². The van der Waals surface area contributed by atoms with Gasteiger partial charge in [0.1, 0.15) is 0 Å². The number of thiophene rings is 1. The number of nitrogens with one attached hydrogen (secondary N) is 2. The summed E-state index contributed by atoms with van der Waals surface area (Å²) in [6.07, 6.45) is -4.54. The first-order valence-corrected chi connectivity index (χ1v) is 10.2. The average molecular weight is 461 g/mol. The number of amides is 3. The van der Waals surface area contributed by atoms with E-state index in [0.29, 0.717) is 4.88 Å². The van der Waals surface area contributed by atoms with E-state index in [2.05, 4.69) is 10.6 Å². The molecule has 0 radical (unpaired) electrons. The first-order chi connectivity index (χ1) is 15.1. The number of para-hydroxylation sites is 1. The van der Waals surface area contributed by atoms with Crippen molar-refractivity contribution in [3.63, 3.8) is 0 Å². The first kappa shape index (κ1) is 23.0. The lowest BCUT2D eigenvalue weighted by Gasteiger charge is -2.17. The second-order valence-electron chi connectivity index (χ2n) is 6.76. The number of alkyl halides is 3. The fourth-order valence-electron chi connectivity index (χ4n) is 2.83. The van der Waals surface area contributed by atoms with Crippen molar-refractivity contribution in [1.82, 2.24) is 4.90 Å². The summed E-state index contributed by atoms with van der Waals surface area (Å²) in [7, 11) is 1.48.